The summed E-state index contributed by atoms with van der Waals surface area (Å²) in [6.07, 6.45) is 2.15. The van der Waals surface area contributed by atoms with Gasteiger partial charge in [0.1, 0.15) is 0 Å². The summed E-state index contributed by atoms with van der Waals surface area (Å²) in [5.41, 5.74) is 6.74. The van der Waals surface area contributed by atoms with E-state index in [-0.39, 0.29) is 23.8 Å². The smallest absolute Gasteiger partial charge is 0.309 e. The van der Waals surface area contributed by atoms with Gasteiger partial charge in [-0.2, -0.15) is 5.10 Å². The number of esters is 1. The SMILES string of the molecule is CCOC(=O)C1CCN(CC(=O)N2N=C(c3cc(C)ccc3C)CC2c2ccccc2C)CC1. The number of piperidine rings is 1. The Morgan fingerprint density at radius 1 is 1.03 bits per heavy atom. The molecule has 0 bridgehead atoms. The minimum absolute atomic E-state index is 0.00291. The second-order valence-corrected chi connectivity index (χ2v) is 9.48. The fraction of sp³-hybridized carbons (Fsp3) is 0.464. The number of nitrogens with zero attached hydrogens (tertiary/aromatic N) is 3. The lowest BCUT2D eigenvalue weighted by Gasteiger charge is -2.32. The van der Waals surface area contributed by atoms with Gasteiger partial charge in [0.25, 0.3) is 5.91 Å². The zero-order valence-electron chi connectivity index (χ0n) is 20.7. The number of carbonyl (C=O) groups excluding carboxylic acids is 2. The number of hydrogen-bond acceptors (Lipinski definition) is 5. The summed E-state index contributed by atoms with van der Waals surface area (Å²) >= 11 is 0. The lowest BCUT2D eigenvalue weighted by molar-refractivity contribution is -0.149. The maximum Gasteiger partial charge on any atom is 0.309 e. The largest absolute Gasteiger partial charge is 0.466 e. The Labute approximate surface area is 202 Å². The molecule has 0 spiro atoms. The number of hydrogen-bond donors (Lipinski definition) is 0. The van der Waals surface area contributed by atoms with Gasteiger partial charge in [-0.15, -0.1) is 0 Å². The van der Waals surface area contributed by atoms with Crippen molar-refractivity contribution in [2.75, 3.05) is 26.2 Å². The summed E-state index contributed by atoms with van der Waals surface area (Å²) < 4.78 is 5.17. The number of rotatable bonds is 6. The highest BCUT2D eigenvalue weighted by Crippen LogP contribution is 2.35. The molecule has 1 saturated heterocycles. The normalized spacial score (nSPS) is 19.2. The van der Waals surface area contributed by atoms with Crippen molar-refractivity contribution in [1.82, 2.24) is 9.91 Å². The van der Waals surface area contributed by atoms with Gasteiger partial charge in [0.2, 0.25) is 0 Å². The highest BCUT2D eigenvalue weighted by Gasteiger charge is 2.35. The van der Waals surface area contributed by atoms with Crippen LogP contribution in [0.5, 0.6) is 0 Å². The van der Waals surface area contributed by atoms with E-state index in [0.29, 0.717) is 32.7 Å². The van der Waals surface area contributed by atoms with Crippen LogP contribution >= 0.6 is 0 Å². The number of amides is 1. The Balaban J connectivity index is 1.53. The van der Waals surface area contributed by atoms with Crippen LogP contribution in [0.15, 0.2) is 47.6 Å². The van der Waals surface area contributed by atoms with Gasteiger partial charge in [-0.25, -0.2) is 5.01 Å². The molecular weight excluding hydrogens is 426 g/mol. The van der Waals surface area contributed by atoms with Crippen molar-refractivity contribution in [1.29, 1.82) is 0 Å². The molecule has 0 aliphatic carbocycles. The summed E-state index contributed by atoms with van der Waals surface area (Å²) in [5, 5.41) is 6.60. The molecule has 34 heavy (non-hydrogen) atoms. The molecule has 2 heterocycles. The fourth-order valence-electron chi connectivity index (χ4n) is 5.00. The molecule has 180 valence electrons. The molecule has 6 heteroatoms. The van der Waals surface area contributed by atoms with E-state index in [1.807, 2.05) is 19.1 Å². The Hall–Kier alpha value is -2.99. The number of aryl methyl sites for hydroxylation is 3. The first-order valence-corrected chi connectivity index (χ1v) is 12.3. The summed E-state index contributed by atoms with van der Waals surface area (Å²) in [4.78, 5) is 27.7. The third kappa shape index (κ3) is 5.22. The minimum Gasteiger partial charge on any atom is -0.466 e. The van der Waals surface area contributed by atoms with Gasteiger partial charge < -0.3 is 4.74 Å². The lowest BCUT2D eigenvalue weighted by Crippen LogP contribution is -2.43. The maximum absolute atomic E-state index is 13.5. The van der Waals surface area contributed by atoms with Crippen LogP contribution in [0.3, 0.4) is 0 Å². The number of hydrazone groups is 1. The second-order valence-electron chi connectivity index (χ2n) is 9.48. The van der Waals surface area contributed by atoms with Gasteiger partial charge in [-0.05, 0) is 76.4 Å². The summed E-state index contributed by atoms with van der Waals surface area (Å²) in [6.45, 7) is 10.2. The molecule has 1 fully saturated rings. The van der Waals surface area contributed by atoms with Crippen molar-refractivity contribution >= 4 is 17.6 Å². The molecule has 2 aromatic carbocycles. The van der Waals surface area contributed by atoms with Crippen molar-refractivity contribution in [3.63, 3.8) is 0 Å². The van der Waals surface area contributed by atoms with Gasteiger partial charge in [0.15, 0.2) is 0 Å². The van der Waals surface area contributed by atoms with Crippen LogP contribution in [0.25, 0.3) is 0 Å². The zero-order chi connectivity index (χ0) is 24.2. The van der Waals surface area contributed by atoms with Crippen LogP contribution in [-0.2, 0) is 14.3 Å². The average Bonchev–Trinajstić information content (AvgIpc) is 3.27. The topological polar surface area (TPSA) is 62.2 Å². The summed E-state index contributed by atoms with van der Waals surface area (Å²) in [7, 11) is 0. The first kappa shape index (κ1) is 24.1. The Morgan fingerprint density at radius 3 is 2.47 bits per heavy atom. The molecular formula is C28H35N3O3. The van der Waals surface area contributed by atoms with Gasteiger partial charge in [0, 0.05) is 12.0 Å². The van der Waals surface area contributed by atoms with Crippen molar-refractivity contribution in [3.05, 3.63) is 70.3 Å². The number of ether oxygens (including phenoxy) is 1. The third-order valence-electron chi connectivity index (χ3n) is 6.98. The van der Waals surface area contributed by atoms with Crippen molar-refractivity contribution < 1.29 is 14.3 Å². The van der Waals surface area contributed by atoms with Crippen LogP contribution in [0, 0.1) is 26.7 Å². The number of likely N-dealkylation sites (tertiary alicyclic amines) is 1. The molecule has 0 aromatic heterocycles. The van der Waals surface area contributed by atoms with E-state index < -0.39 is 0 Å². The van der Waals surface area contributed by atoms with Crippen LogP contribution in [-0.4, -0.2) is 53.7 Å². The molecule has 0 N–H and O–H groups in total. The summed E-state index contributed by atoms with van der Waals surface area (Å²) in [5.74, 6) is -0.176. The Kier molecular flexibility index (Phi) is 7.47. The van der Waals surface area contributed by atoms with Crippen molar-refractivity contribution in [3.8, 4) is 0 Å². The number of benzene rings is 2. The van der Waals surface area contributed by atoms with Crippen molar-refractivity contribution in [2.45, 2.75) is 53.0 Å². The molecule has 2 aromatic rings. The first-order valence-electron chi connectivity index (χ1n) is 12.3. The molecule has 2 aliphatic heterocycles. The van der Waals surface area contributed by atoms with E-state index in [1.54, 1.807) is 5.01 Å². The van der Waals surface area contributed by atoms with Crippen LogP contribution in [0.1, 0.15) is 60.0 Å². The van der Waals surface area contributed by atoms with E-state index in [0.717, 1.165) is 35.2 Å². The van der Waals surface area contributed by atoms with Gasteiger partial charge in [0.05, 0.1) is 30.8 Å². The van der Waals surface area contributed by atoms with E-state index >= 15 is 0 Å². The standard InChI is InChI=1S/C28H35N3O3/c1-5-34-28(33)22-12-14-30(15-13-22)18-27(32)31-26(23-9-7-6-8-20(23)3)17-25(29-31)24-16-19(2)10-11-21(24)4/h6-11,16,22,26H,5,12-15,17-18H2,1-4H3. The quantitative estimate of drug-likeness (QED) is 0.592. The Morgan fingerprint density at radius 2 is 1.76 bits per heavy atom. The van der Waals surface area contributed by atoms with Crippen LogP contribution < -0.4 is 0 Å². The highest BCUT2D eigenvalue weighted by molar-refractivity contribution is 6.04. The molecule has 2 aliphatic rings. The van der Waals surface area contributed by atoms with Gasteiger partial charge >= 0.3 is 5.97 Å². The molecule has 0 radical (unpaired) electrons. The van der Waals surface area contributed by atoms with E-state index in [1.165, 1.54) is 11.1 Å². The molecule has 4 rings (SSSR count). The van der Waals surface area contributed by atoms with Crippen molar-refractivity contribution in [2.24, 2.45) is 11.0 Å². The Bertz CT molecular complexity index is 1090. The van der Waals surface area contributed by atoms with Gasteiger partial charge in [-0.3, -0.25) is 14.5 Å². The van der Waals surface area contributed by atoms with E-state index in [2.05, 4.69) is 56.0 Å². The third-order valence-corrected chi connectivity index (χ3v) is 6.98. The summed E-state index contributed by atoms with van der Waals surface area (Å²) in [6, 6.07) is 14.5. The first-order chi connectivity index (χ1) is 16.4. The minimum atomic E-state index is -0.115. The predicted molar refractivity (Wildman–Crippen MR) is 134 cm³/mol. The predicted octanol–water partition coefficient (Wildman–Crippen LogP) is 4.56. The monoisotopic (exact) mass is 461 g/mol. The molecule has 6 nitrogen and oxygen atoms in total. The van der Waals surface area contributed by atoms with Crippen LogP contribution in [0.2, 0.25) is 0 Å². The highest BCUT2D eigenvalue weighted by atomic mass is 16.5. The maximum atomic E-state index is 13.5. The number of carbonyl (C=O) groups is 2. The molecule has 1 unspecified atom stereocenters. The molecule has 0 saturated carbocycles. The fourth-order valence-corrected chi connectivity index (χ4v) is 5.00. The van der Waals surface area contributed by atoms with Crippen LogP contribution in [0.4, 0.5) is 0 Å². The van der Waals surface area contributed by atoms with E-state index in [4.69, 9.17) is 9.84 Å². The average molecular weight is 462 g/mol. The second kappa shape index (κ2) is 10.5. The molecule has 1 atom stereocenters. The lowest BCUT2D eigenvalue weighted by atomic mass is 9.93. The zero-order valence-corrected chi connectivity index (χ0v) is 20.7. The van der Waals surface area contributed by atoms with Gasteiger partial charge in [-0.1, -0.05) is 42.0 Å². The molecule has 1 amide bonds. The van der Waals surface area contributed by atoms with E-state index in [9.17, 15) is 9.59 Å².